The van der Waals surface area contributed by atoms with Crippen molar-refractivity contribution in [3.05, 3.63) is 45.2 Å². The molecule has 0 bridgehead atoms. The molecule has 2 nitrogen and oxygen atoms in total. The molecule has 1 heterocycles. The fourth-order valence-electron chi connectivity index (χ4n) is 1.80. The third-order valence-corrected chi connectivity index (χ3v) is 2.76. The maximum atomic E-state index is 13.5. The zero-order valence-electron chi connectivity index (χ0n) is 9.03. The molecular formula is C12H11F2NO. The van der Waals surface area contributed by atoms with Gasteiger partial charge in [0.1, 0.15) is 0 Å². The second kappa shape index (κ2) is 3.70. The van der Waals surface area contributed by atoms with Gasteiger partial charge in [0.15, 0.2) is 17.1 Å². The number of benzene rings is 1. The van der Waals surface area contributed by atoms with Crippen molar-refractivity contribution in [1.82, 2.24) is 4.98 Å². The maximum Gasteiger partial charge on any atom is 0.192 e. The van der Waals surface area contributed by atoms with Crippen LogP contribution in [-0.2, 0) is 6.42 Å². The van der Waals surface area contributed by atoms with Crippen LogP contribution in [0.25, 0.3) is 10.9 Å². The van der Waals surface area contributed by atoms with Crippen LogP contribution in [-0.4, -0.2) is 4.98 Å². The molecule has 0 aliphatic carbocycles. The van der Waals surface area contributed by atoms with Gasteiger partial charge in [-0.3, -0.25) is 4.79 Å². The second-order valence-electron chi connectivity index (χ2n) is 3.70. The van der Waals surface area contributed by atoms with E-state index < -0.39 is 11.6 Å². The largest absolute Gasteiger partial charge is 0.355 e. The van der Waals surface area contributed by atoms with E-state index in [0.29, 0.717) is 17.7 Å². The van der Waals surface area contributed by atoms with Crippen molar-refractivity contribution >= 4 is 10.9 Å². The molecule has 0 spiro atoms. The van der Waals surface area contributed by atoms with Crippen molar-refractivity contribution < 1.29 is 8.78 Å². The van der Waals surface area contributed by atoms with Gasteiger partial charge in [-0.05, 0) is 25.5 Å². The highest BCUT2D eigenvalue weighted by atomic mass is 19.2. The highest BCUT2D eigenvalue weighted by Gasteiger charge is 2.13. The lowest BCUT2D eigenvalue weighted by Gasteiger charge is -2.07. The molecular weight excluding hydrogens is 212 g/mol. The molecule has 0 atom stereocenters. The first-order chi connectivity index (χ1) is 7.56. The first kappa shape index (κ1) is 10.8. The predicted octanol–water partition coefficient (Wildman–Crippen LogP) is 2.68. The Morgan fingerprint density at radius 3 is 2.62 bits per heavy atom. The highest BCUT2D eigenvalue weighted by Crippen LogP contribution is 2.17. The monoisotopic (exact) mass is 223 g/mol. The average Bonchev–Trinajstić information content (AvgIpc) is 2.28. The summed E-state index contributed by atoms with van der Waals surface area (Å²) in [6.07, 6.45) is 0.576. The number of hydrogen-bond donors (Lipinski definition) is 1. The van der Waals surface area contributed by atoms with Gasteiger partial charge in [-0.2, -0.15) is 0 Å². The quantitative estimate of drug-likeness (QED) is 0.792. The van der Waals surface area contributed by atoms with Gasteiger partial charge in [-0.1, -0.05) is 6.92 Å². The van der Waals surface area contributed by atoms with E-state index in [0.717, 1.165) is 6.07 Å². The van der Waals surface area contributed by atoms with Gasteiger partial charge in [0.2, 0.25) is 0 Å². The van der Waals surface area contributed by atoms with Crippen LogP contribution in [0.4, 0.5) is 8.78 Å². The first-order valence-electron chi connectivity index (χ1n) is 5.05. The molecule has 0 saturated heterocycles. The number of hydrogen-bond acceptors (Lipinski definition) is 1. The van der Waals surface area contributed by atoms with Gasteiger partial charge in [0.05, 0.1) is 5.52 Å². The second-order valence-corrected chi connectivity index (χ2v) is 3.70. The smallest absolute Gasteiger partial charge is 0.192 e. The van der Waals surface area contributed by atoms with E-state index >= 15 is 0 Å². The molecule has 0 radical (unpaired) electrons. The fraction of sp³-hybridized carbons (Fsp3) is 0.250. The summed E-state index contributed by atoms with van der Waals surface area (Å²) in [6.45, 7) is 3.53. The van der Waals surface area contributed by atoms with Gasteiger partial charge in [-0.15, -0.1) is 0 Å². The summed E-state index contributed by atoms with van der Waals surface area (Å²) in [5, 5.41) is 0.189. The van der Waals surface area contributed by atoms with E-state index in [1.165, 1.54) is 6.07 Å². The molecule has 16 heavy (non-hydrogen) atoms. The lowest BCUT2D eigenvalue weighted by Crippen LogP contribution is -2.12. The van der Waals surface area contributed by atoms with E-state index in [9.17, 15) is 13.6 Å². The minimum atomic E-state index is -0.996. The van der Waals surface area contributed by atoms with Gasteiger partial charge in [0.25, 0.3) is 0 Å². The molecule has 0 aliphatic rings. The Hall–Kier alpha value is -1.71. The molecule has 1 N–H and O–H groups in total. The lowest BCUT2D eigenvalue weighted by atomic mass is 10.1. The molecule has 0 saturated carbocycles. The normalized spacial score (nSPS) is 11.0. The van der Waals surface area contributed by atoms with Crippen molar-refractivity contribution in [3.8, 4) is 0 Å². The van der Waals surface area contributed by atoms with Crippen LogP contribution in [0.5, 0.6) is 0 Å². The Morgan fingerprint density at radius 2 is 2.00 bits per heavy atom. The highest BCUT2D eigenvalue weighted by molar-refractivity contribution is 5.80. The van der Waals surface area contributed by atoms with Crippen LogP contribution in [0.1, 0.15) is 18.2 Å². The van der Waals surface area contributed by atoms with E-state index in [1.807, 2.05) is 6.92 Å². The summed E-state index contributed by atoms with van der Waals surface area (Å²) in [7, 11) is 0. The molecule has 84 valence electrons. The van der Waals surface area contributed by atoms with Crippen LogP contribution in [0, 0.1) is 18.6 Å². The number of halogens is 2. The lowest BCUT2D eigenvalue weighted by molar-refractivity contribution is 0.515. The van der Waals surface area contributed by atoms with Crippen molar-refractivity contribution in [2.24, 2.45) is 0 Å². The van der Waals surface area contributed by atoms with E-state index in [4.69, 9.17) is 0 Å². The zero-order chi connectivity index (χ0) is 11.9. The number of rotatable bonds is 1. The molecule has 4 heteroatoms. The predicted molar refractivity (Wildman–Crippen MR) is 58.6 cm³/mol. The van der Waals surface area contributed by atoms with Gasteiger partial charge in [-0.25, -0.2) is 8.78 Å². The Bertz CT molecular complexity index is 616. The van der Waals surface area contributed by atoms with E-state index in [1.54, 1.807) is 6.92 Å². The number of pyridine rings is 1. The summed E-state index contributed by atoms with van der Waals surface area (Å²) in [5.41, 5.74) is 0.903. The first-order valence-corrected chi connectivity index (χ1v) is 5.05. The van der Waals surface area contributed by atoms with E-state index in [2.05, 4.69) is 4.98 Å². The maximum absolute atomic E-state index is 13.5. The van der Waals surface area contributed by atoms with Crippen LogP contribution in [0.2, 0.25) is 0 Å². The van der Waals surface area contributed by atoms with Crippen molar-refractivity contribution in [2.75, 3.05) is 0 Å². The van der Waals surface area contributed by atoms with Crippen LogP contribution in [0.15, 0.2) is 16.9 Å². The third kappa shape index (κ3) is 1.41. The SMILES string of the molecule is CCc1[nH]c2c(F)c(F)ccc2c(=O)c1C. The summed E-state index contributed by atoms with van der Waals surface area (Å²) in [6, 6.07) is 2.27. The van der Waals surface area contributed by atoms with Crippen molar-refractivity contribution in [2.45, 2.75) is 20.3 Å². The average molecular weight is 223 g/mol. The Balaban J connectivity index is 2.99. The van der Waals surface area contributed by atoms with Crippen LogP contribution in [0.3, 0.4) is 0 Å². The minimum Gasteiger partial charge on any atom is -0.355 e. The molecule has 2 rings (SSSR count). The van der Waals surface area contributed by atoms with Gasteiger partial charge < -0.3 is 4.98 Å². The molecule has 0 unspecified atom stereocenters. The number of nitrogens with one attached hydrogen (secondary N) is 1. The fourth-order valence-corrected chi connectivity index (χ4v) is 1.80. The number of fused-ring (bicyclic) bond motifs is 1. The minimum absolute atomic E-state index is 0.0487. The summed E-state index contributed by atoms with van der Waals surface area (Å²) in [4.78, 5) is 14.6. The molecule has 1 aromatic heterocycles. The molecule has 0 amide bonds. The van der Waals surface area contributed by atoms with Gasteiger partial charge >= 0.3 is 0 Å². The number of aromatic nitrogens is 1. The zero-order valence-corrected chi connectivity index (χ0v) is 9.03. The topological polar surface area (TPSA) is 32.9 Å². The number of aromatic amines is 1. The summed E-state index contributed by atoms with van der Waals surface area (Å²) < 4.78 is 26.5. The van der Waals surface area contributed by atoms with Crippen molar-refractivity contribution in [3.63, 3.8) is 0 Å². The number of aryl methyl sites for hydroxylation is 1. The van der Waals surface area contributed by atoms with Crippen molar-refractivity contribution in [1.29, 1.82) is 0 Å². The van der Waals surface area contributed by atoms with Gasteiger partial charge in [0, 0.05) is 16.6 Å². The van der Waals surface area contributed by atoms with Crippen LogP contribution < -0.4 is 5.43 Å². The molecule has 0 aliphatic heterocycles. The Kier molecular flexibility index (Phi) is 2.50. The molecule has 2 aromatic rings. The Labute approximate surface area is 90.9 Å². The van der Waals surface area contributed by atoms with E-state index in [-0.39, 0.29) is 16.3 Å². The third-order valence-electron chi connectivity index (χ3n) is 2.76. The number of H-pyrrole nitrogens is 1. The molecule has 1 aromatic carbocycles. The summed E-state index contributed by atoms with van der Waals surface area (Å²) >= 11 is 0. The molecule has 0 fully saturated rings. The van der Waals surface area contributed by atoms with Crippen LogP contribution >= 0.6 is 0 Å². The summed E-state index contributed by atoms with van der Waals surface area (Å²) in [5.74, 6) is -1.95. The standard InChI is InChI=1S/C12H11F2NO/c1-3-9-6(2)12(16)7-4-5-8(13)10(14)11(7)15-9/h4-5H,3H2,1-2H3,(H,15,16). The Morgan fingerprint density at radius 1 is 1.31 bits per heavy atom.